The molecule has 0 fully saturated rings. The predicted octanol–water partition coefficient (Wildman–Crippen LogP) is 3.13. The molecule has 0 unspecified atom stereocenters. The predicted molar refractivity (Wildman–Crippen MR) is 94.8 cm³/mol. The first kappa shape index (κ1) is 16.3. The van der Waals surface area contributed by atoms with Crippen LogP contribution < -0.4 is 23.7 Å². The molecule has 0 spiro atoms. The highest BCUT2D eigenvalue weighted by atomic mass is 16.6. The fourth-order valence-corrected chi connectivity index (χ4v) is 2.85. The van der Waals surface area contributed by atoms with Crippen LogP contribution in [0.25, 0.3) is 6.08 Å². The molecule has 0 atom stereocenters. The van der Waals surface area contributed by atoms with Gasteiger partial charge >= 0.3 is 0 Å². The van der Waals surface area contributed by atoms with Crippen LogP contribution in [0, 0.1) is 0 Å². The van der Waals surface area contributed by atoms with Crippen molar-refractivity contribution in [1.82, 2.24) is 0 Å². The van der Waals surface area contributed by atoms with Crippen LogP contribution >= 0.6 is 0 Å². The minimum absolute atomic E-state index is 0.129. The van der Waals surface area contributed by atoms with Gasteiger partial charge in [0.05, 0.1) is 7.11 Å². The van der Waals surface area contributed by atoms with E-state index in [9.17, 15) is 4.79 Å². The molecule has 4 rings (SSSR count). The van der Waals surface area contributed by atoms with Crippen molar-refractivity contribution in [1.29, 1.82) is 0 Å². The van der Waals surface area contributed by atoms with E-state index in [2.05, 4.69) is 0 Å². The highest BCUT2D eigenvalue weighted by molar-refractivity contribution is 6.07. The smallest absolute Gasteiger partial charge is 0.203 e. The molecule has 6 heteroatoms. The summed E-state index contributed by atoms with van der Waals surface area (Å²) in [5.74, 6) is 2.91. The molecule has 2 aliphatic rings. The minimum atomic E-state index is -0.129. The van der Waals surface area contributed by atoms with E-state index < -0.39 is 0 Å². The molecule has 0 N–H and O–H groups in total. The average molecular weight is 354 g/mol. The van der Waals surface area contributed by atoms with Gasteiger partial charge in [-0.25, -0.2) is 0 Å². The Kier molecular flexibility index (Phi) is 4.39. The summed E-state index contributed by atoms with van der Waals surface area (Å²) < 4.78 is 27.5. The van der Waals surface area contributed by atoms with E-state index in [4.69, 9.17) is 23.7 Å². The van der Waals surface area contributed by atoms with Gasteiger partial charge in [-0.3, -0.25) is 4.79 Å². The van der Waals surface area contributed by atoms with Gasteiger partial charge in [-0.2, -0.15) is 0 Å². The zero-order valence-corrected chi connectivity index (χ0v) is 14.3. The molecular formula is C20H18O6. The topological polar surface area (TPSA) is 63.2 Å². The van der Waals surface area contributed by atoms with Gasteiger partial charge < -0.3 is 23.7 Å². The van der Waals surface area contributed by atoms with Crippen molar-refractivity contribution >= 4 is 11.9 Å². The summed E-state index contributed by atoms with van der Waals surface area (Å²) in [6.07, 6.45) is 3.23. The Morgan fingerprint density at radius 2 is 1.65 bits per heavy atom. The number of benzene rings is 2. The lowest BCUT2D eigenvalue weighted by atomic mass is 10.1. The molecule has 0 radical (unpaired) electrons. The number of methoxy groups -OCH3 is 1. The summed E-state index contributed by atoms with van der Waals surface area (Å²) in [6.45, 7) is 1.98. The molecule has 0 bridgehead atoms. The van der Waals surface area contributed by atoms with Crippen LogP contribution in [0.2, 0.25) is 0 Å². The molecule has 0 saturated carbocycles. The summed E-state index contributed by atoms with van der Waals surface area (Å²) in [5, 5.41) is 0. The van der Waals surface area contributed by atoms with E-state index in [1.807, 2.05) is 6.07 Å². The Hall–Kier alpha value is -3.15. The SMILES string of the molecule is COc1cc(/C=C/C(=O)c2ccc3c(c2)OCCO3)cc2c1OCCO2. The lowest BCUT2D eigenvalue weighted by Gasteiger charge is -2.21. The van der Waals surface area contributed by atoms with Gasteiger partial charge in [-0.1, -0.05) is 6.08 Å². The maximum absolute atomic E-state index is 12.5. The molecule has 0 aliphatic carbocycles. The molecular weight excluding hydrogens is 336 g/mol. The van der Waals surface area contributed by atoms with Gasteiger partial charge in [0.2, 0.25) is 5.75 Å². The molecule has 0 saturated heterocycles. The Morgan fingerprint density at radius 3 is 2.46 bits per heavy atom. The normalized spacial score (nSPS) is 15.0. The second kappa shape index (κ2) is 7.00. The highest BCUT2D eigenvalue weighted by Gasteiger charge is 2.18. The highest BCUT2D eigenvalue weighted by Crippen LogP contribution is 2.40. The van der Waals surface area contributed by atoms with Gasteiger partial charge in [0.15, 0.2) is 28.8 Å². The van der Waals surface area contributed by atoms with E-state index in [0.29, 0.717) is 60.7 Å². The number of hydrogen-bond acceptors (Lipinski definition) is 6. The molecule has 2 aromatic rings. The van der Waals surface area contributed by atoms with Crippen LogP contribution in [0.3, 0.4) is 0 Å². The number of allylic oxidation sites excluding steroid dienone is 1. The van der Waals surface area contributed by atoms with Crippen molar-refractivity contribution in [3.05, 3.63) is 47.5 Å². The summed E-state index contributed by atoms with van der Waals surface area (Å²) in [7, 11) is 1.57. The van der Waals surface area contributed by atoms with Crippen LogP contribution in [-0.4, -0.2) is 39.3 Å². The van der Waals surface area contributed by atoms with Gasteiger partial charge in [0.1, 0.15) is 26.4 Å². The van der Waals surface area contributed by atoms with Crippen LogP contribution in [-0.2, 0) is 0 Å². The third kappa shape index (κ3) is 3.18. The van der Waals surface area contributed by atoms with Gasteiger partial charge in [0, 0.05) is 5.56 Å². The number of fused-ring (bicyclic) bond motifs is 2. The van der Waals surface area contributed by atoms with Crippen molar-refractivity contribution in [2.75, 3.05) is 33.5 Å². The summed E-state index contributed by atoms with van der Waals surface area (Å²) in [6, 6.07) is 8.81. The number of carbonyl (C=O) groups is 1. The molecule has 2 heterocycles. The Balaban J connectivity index is 1.57. The molecule has 26 heavy (non-hydrogen) atoms. The first-order valence-electron chi connectivity index (χ1n) is 8.34. The van der Waals surface area contributed by atoms with Crippen LogP contribution in [0.1, 0.15) is 15.9 Å². The number of rotatable bonds is 4. The number of hydrogen-bond donors (Lipinski definition) is 0. The van der Waals surface area contributed by atoms with E-state index in [0.717, 1.165) is 5.56 Å². The zero-order valence-electron chi connectivity index (χ0n) is 14.3. The second-order valence-corrected chi connectivity index (χ2v) is 5.80. The van der Waals surface area contributed by atoms with E-state index >= 15 is 0 Å². The standard InChI is InChI=1S/C20H18O6/c1-22-18-10-13(11-19-20(18)26-9-8-25-19)2-4-15(21)14-3-5-16-17(12-14)24-7-6-23-16/h2-5,10-12H,6-9H2,1H3/b4-2+. The molecule has 134 valence electrons. The summed E-state index contributed by atoms with van der Waals surface area (Å²) in [5.41, 5.74) is 1.33. The number of carbonyl (C=O) groups excluding carboxylic acids is 1. The largest absolute Gasteiger partial charge is 0.493 e. The zero-order chi connectivity index (χ0) is 17.9. The summed E-state index contributed by atoms with van der Waals surface area (Å²) >= 11 is 0. The van der Waals surface area contributed by atoms with Crippen molar-refractivity contribution in [2.24, 2.45) is 0 Å². The second-order valence-electron chi connectivity index (χ2n) is 5.80. The fraction of sp³-hybridized carbons (Fsp3) is 0.250. The maximum Gasteiger partial charge on any atom is 0.203 e. The van der Waals surface area contributed by atoms with Crippen molar-refractivity contribution in [2.45, 2.75) is 0 Å². The molecule has 2 aromatic carbocycles. The molecule has 2 aliphatic heterocycles. The third-order valence-corrected chi connectivity index (χ3v) is 4.10. The van der Waals surface area contributed by atoms with Gasteiger partial charge in [-0.15, -0.1) is 0 Å². The van der Waals surface area contributed by atoms with E-state index in [1.165, 1.54) is 6.08 Å². The quantitative estimate of drug-likeness (QED) is 0.621. The van der Waals surface area contributed by atoms with Gasteiger partial charge in [-0.05, 0) is 42.0 Å². The first-order chi connectivity index (χ1) is 12.7. The average Bonchev–Trinajstić information content (AvgIpc) is 2.71. The van der Waals surface area contributed by atoms with Crippen molar-refractivity contribution in [3.8, 4) is 28.7 Å². The van der Waals surface area contributed by atoms with Gasteiger partial charge in [0.25, 0.3) is 0 Å². The first-order valence-corrected chi connectivity index (χ1v) is 8.34. The van der Waals surface area contributed by atoms with Crippen LogP contribution in [0.15, 0.2) is 36.4 Å². The van der Waals surface area contributed by atoms with Crippen LogP contribution in [0.4, 0.5) is 0 Å². The van der Waals surface area contributed by atoms with Crippen molar-refractivity contribution < 1.29 is 28.5 Å². The van der Waals surface area contributed by atoms with Crippen molar-refractivity contribution in [3.63, 3.8) is 0 Å². The molecule has 6 nitrogen and oxygen atoms in total. The van der Waals surface area contributed by atoms with E-state index in [1.54, 1.807) is 37.5 Å². The number of ether oxygens (including phenoxy) is 5. The molecule has 0 aromatic heterocycles. The minimum Gasteiger partial charge on any atom is -0.493 e. The number of ketones is 1. The Labute approximate surface area is 150 Å². The van der Waals surface area contributed by atoms with Crippen LogP contribution in [0.5, 0.6) is 28.7 Å². The lowest BCUT2D eigenvalue weighted by molar-refractivity contribution is 0.104. The summed E-state index contributed by atoms with van der Waals surface area (Å²) in [4.78, 5) is 12.5. The molecule has 0 amide bonds. The van der Waals surface area contributed by atoms with E-state index in [-0.39, 0.29) is 5.78 Å². The monoisotopic (exact) mass is 354 g/mol. The maximum atomic E-state index is 12.5. The fourth-order valence-electron chi connectivity index (χ4n) is 2.85. The third-order valence-electron chi connectivity index (χ3n) is 4.10. The lowest BCUT2D eigenvalue weighted by Crippen LogP contribution is -2.16. The Bertz CT molecular complexity index is 854. The Morgan fingerprint density at radius 1 is 0.923 bits per heavy atom.